The van der Waals surface area contributed by atoms with Gasteiger partial charge in [-0.3, -0.25) is 0 Å². The maximum atomic E-state index is 13.0. The van der Waals surface area contributed by atoms with Crippen molar-refractivity contribution >= 4 is 0 Å². The lowest BCUT2D eigenvalue weighted by Crippen LogP contribution is -2.29. The van der Waals surface area contributed by atoms with Gasteiger partial charge < -0.3 is 10.1 Å². The number of nitrogens with one attached hydrogen (secondary N) is 1. The van der Waals surface area contributed by atoms with E-state index in [0.717, 1.165) is 25.9 Å². The van der Waals surface area contributed by atoms with Gasteiger partial charge in [-0.1, -0.05) is 12.1 Å². The Balaban J connectivity index is 2.03. The maximum absolute atomic E-state index is 13.0. The van der Waals surface area contributed by atoms with Gasteiger partial charge in [-0.25, -0.2) is 4.39 Å². The predicted molar refractivity (Wildman–Crippen MR) is 71.4 cm³/mol. The first-order valence-electron chi connectivity index (χ1n) is 7.08. The maximum Gasteiger partial charge on any atom is 0.411 e. The molecular weight excluding hydrogens is 286 g/mol. The Morgan fingerprint density at radius 1 is 1.14 bits per heavy atom. The smallest absolute Gasteiger partial charge is 0.364 e. The van der Waals surface area contributed by atoms with Crippen LogP contribution in [0, 0.1) is 11.7 Å². The fraction of sp³-hybridized carbons (Fsp3) is 0.600. The quantitative estimate of drug-likeness (QED) is 0.835. The number of halogens is 4. The summed E-state index contributed by atoms with van der Waals surface area (Å²) >= 11 is 0. The van der Waals surface area contributed by atoms with Crippen molar-refractivity contribution in [1.82, 2.24) is 5.32 Å². The molecule has 1 heterocycles. The molecule has 1 aliphatic rings. The fourth-order valence-corrected chi connectivity index (χ4v) is 2.59. The Morgan fingerprint density at radius 2 is 1.76 bits per heavy atom. The van der Waals surface area contributed by atoms with Gasteiger partial charge in [0.2, 0.25) is 0 Å². The second kappa shape index (κ2) is 7.22. The Morgan fingerprint density at radius 3 is 2.33 bits per heavy atom. The molecule has 0 unspecified atom stereocenters. The summed E-state index contributed by atoms with van der Waals surface area (Å²) in [5.41, 5.74) is 0.596. The van der Waals surface area contributed by atoms with Gasteiger partial charge in [0, 0.05) is 0 Å². The van der Waals surface area contributed by atoms with Crippen LogP contribution < -0.4 is 5.32 Å². The molecule has 0 bridgehead atoms. The second-order valence-electron chi connectivity index (χ2n) is 5.40. The summed E-state index contributed by atoms with van der Waals surface area (Å²) in [7, 11) is 0. The molecule has 1 aliphatic heterocycles. The SMILES string of the molecule is Fc1ccc([C@H](CC2CCNCC2)OCC(F)(F)F)cc1. The summed E-state index contributed by atoms with van der Waals surface area (Å²) < 4.78 is 55.2. The minimum atomic E-state index is -4.35. The summed E-state index contributed by atoms with van der Waals surface area (Å²) in [4.78, 5) is 0. The Bertz CT molecular complexity index is 426. The molecule has 0 aromatic heterocycles. The molecule has 1 saturated heterocycles. The highest BCUT2D eigenvalue weighted by molar-refractivity contribution is 5.19. The van der Waals surface area contributed by atoms with Gasteiger partial charge in [0.05, 0.1) is 6.10 Å². The Labute approximate surface area is 121 Å². The topological polar surface area (TPSA) is 21.3 Å². The first-order valence-corrected chi connectivity index (χ1v) is 7.08. The molecule has 2 nitrogen and oxygen atoms in total. The summed E-state index contributed by atoms with van der Waals surface area (Å²) in [6.07, 6.45) is -2.62. The van der Waals surface area contributed by atoms with Crippen LogP contribution in [0.5, 0.6) is 0 Å². The molecule has 1 N–H and O–H groups in total. The second-order valence-corrected chi connectivity index (χ2v) is 5.40. The highest BCUT2D eigenvalue weighted by Gasteiger charge is 2.30. The van der Waals surface area contributed by atoms with Crippen LogP contribution >= 0.6 is 0 Å². The summed E-state index contributed by atoms with van der Waals surface area (Å²) in [5.74, 6) is -0.0790. The molecule has 0 radical (unpaired) electrons. The van der Waals surface area contributed by atoms with Crippen LogP contribution in [0.3, 0.4) is 0 Å². The molecular formula is C15H19F4NO. The number of piperidine rings is 1. The number of benzene rings is 1. The number of hydrogen-bond donors (Lipinski definition) is 1. The normalized spacial score (nSPS) is 18.7. The lowest BCUT2D eigenvalue weighted by molar-refractivity contribution is -0.188. The largest absolute Gasteiger partial charge is 0.411 e. The van der Waals surface area contributed by atoms with Crippen LogP contribution in [0.2, 0.25) is 0 Å². The Hall–Kier alpha value is -1.14. The van der Waals surface area contributed by atoms with Gasteiger partial charge in [-0.05, 0) is 56.0 Å². The van der Waals surface area contributed by atoms with Crippen molar-refractivity contribution in [3.63, 3.8) is 0 Å². The molecule has 0 aliphatic carbocycles. The molecule has 21 heavy (non-hydrogen) atoms. The Kier molecular flexibility index (Phi) is 5.58. The van der Waals surface area contributed by atoms with Gasteiger partial charge in [0.25, 0.3) is 0 Å². The van der Waals surface area contributed by atoms with Crippen LogP contribution in [0.1, 0.15) is 30.9 Å². The average molecular weight is 305 g/mol. The molecule has 1 fully saturated rings. The van der Waals surface area contributed by atoms with E-state index in [1.807, 2.05) is 0 Å². The van der Waals surface area contributed by atoms with Gasteiger partial charge in [0.1, 0.15) is 12.4 Å². The number of hydrogen-bond acceptors (Lipinski definition) is 2. The summed E-state index contributed by atoms with van der Waals surface area (Å²) in [5, 5.41) is 3.22. The number of rotatable bonds is 5. The van der Waals surface area contributed by atoms with Gasteiger partial charge in [-0.15, -0.1) is 0 Å². The van der Waals surface area contributed by atoms with E-state index in [0.29, 0.717) is 17.9 Å². The highest BCUT2D eigenvalue weighted by atomic mass is 19.4. The summed E-state index contributed by atoms with van der Waals surface area (Å²) in [6, 6.07) is 5.50. The van der Waals surface area contributed by atoms with Crippen molar-refractivity contribution in [2.24, 2.45) is 5.92 Å². The lowest BCUT2D eigenvalue weighted by Gasteiger charge is -2.27. The van der Waals surface area contributed by atoms with Crippen molar-refractivity contribution in [3.05, 3.63) is 35.6 Å². The first kappa shape index (κ1) is 16.2. The molecule has 0 saturated carbocycles. The van der Waals surface area contributed by atoms with E-state index < -0.39 is 24.7 Å². The fourth-order valence-electron chi connectivity index (χ4n) is 2.59. The zero-order valence-corrected chi connectivity index (χ0v) is 11.6. The predicted octanol–water partition coefficient (Wildman–Crippen LogP) is 3.84. The van der Waals surface area contributed by atoms with Crippen molar-refractivity contribution in [1.29, 1.82) is 0 Å². The van der Waals surface area contributed by atoms with Crippen molar-refractivity contribution in [2.45, 2.75) is 31.5 Å². The van der Waals surface area contributed by atoms with E-state index in [9.17, 15) is 17.6 Å². The third kappa shape index (κ3) is 5.63. The van der Waals surface area contributed by atoms with Crippen molar-refractivity contribution in [2.75, 3.05) is 19.7 Å². The van der Waals surface area contributed by atoms with E-state index >= 15 is 0 Å². The van der Waals surface area contributed by atoms with E-state index in [1.54, 1.807) is 0 Å². The van der Waals surface area contributed by atoms with Crippen LogP contribution in [0.15, 0.2) is 24.3 Å². The number of alkyl halides is 3. The minimum absolute atomic E-state index is 0.328. The average Bonchev–Trinajstić information content (AvgIpc) is 2.45. The first-order chi connectivity index (χ1) is 9.94. The third-order valence-electron chi connectivity index (χ3n) is 3.70. The molecule has 0 spiro atoms. The van der Waals surface area contributed by atoms with Gasteiger partial charge >= 0.3 is 6.18 Å². The monoisotopic (exact) mass is 305 g/mol. The minimum Gasteiger partial charge on any atom is -0.364 e. The molecule has 1 aromatic carbocycles. The highest BCUT2D eigenvalue weighted by Crippen LogP contribution is 2.31. The van der Waals surface area contributed by atoms with Crippen molar-refractivity contribution < 1.29 is 22.3 Å². The van der Waals surface area contributed by atoms with Crippen LogP contribution in [-0.2, 0) is 4.74 Å². The standard InChI is InChI=1S/C15H19F4NO/c16-13-3-1-12(2-4-13)14(21-10-15(17,18)19)9-11-5-7-20-8-6-11/h1-4,11,14,20H,5-10H2/t14-/m0/s1. The van der Waals surface area contributed by atoms with E-state index in [4.69, 9.17) is 4.74 Å². The van der Waals surface area contributed by atoms with Crippen LogP contribution in [-0.4, -0.2) is 25.9 Å². The molecule has 0 amide bonds. The van der Waals surface area contributed by atoms with E-state index in [-0.39, 0.29) is 0 Å². The van der Waals surface area contributed by atoms with E-state index in [1.165, 1.54) is 24.3 Å². The van der Waals surface area contributed by atoms with Gasteiger partial charge in [0.15, 0.2) is 0 Å². The van der Waals surface area contributed by atoms with E-state index in [2.05, 4.69) is 5.32 Å². The van der Waals surface area contributed by atoms with Gasteiger partial charge in [-0.2, -0.15) is 13.2 Å². The molecule has 6 heteroatoms. The van der Waals surface area contributed by atoms with Crippen LogP contribution in [0.4, 0.5) is 17.6 Å². The zero-order chi connectivity index (χ0) is 15.3. The third-order valence-corrected chi connectivity index (χ3v) is 3.70. The molecule has 1 atom stereocenters. The zero-order valence-electron chi connectivity index (χ0n) is 11.6. The molecule has 2 rings (SSSR count). The van der Waals surface area contributed by atoms with Crippen molar-refractivity contribution in [3.8, 4) is 0 Å². The van der Waals surface area contributed by atoms with Crippen LogP contribution in [0.25, 0.3) is 0 Å². The molecule has 118 valence electrons. The summed E-state index contributed by atoms with van der Waals surface area (Å²) in [6.45, 7) is 0.472. The number of ether oxygens (including phenoxy) is 1. The lowest BCUT2D eigenvalue weighted by atomic mass is 9.89. The molecule has 1 aromatic rings.